The Hall–Kier alpha value is -1.94. The van der Waals surface area contributed by atoms with E-state index < -0.39 is 6.29 Å². The van der Waals surface area contributed by atoms with Crippen LogP contribution in [0.25, 0.3) is 10.6 Å². The van der Waals surface area contributed by atoms with Crippen molar-refractivity contribution in [1.29, 1.82) is 0 Å². The first-order valence-electron chi connectivity index (χ1n) is 6.49. The number of hydrogen-bond acceptors (Lipinski definition) is 8. The molecule has 0 amide bonds. The highest BCUT2D eigenvalue weighted by atomic mass is 32.2. The van der Waals surface area contributed by atoms with Crippen LogP contribution in [0.2, 0.25) is 0 Å². The van der Waals surface area contributed by atoms with Gasteiger partial charge in [0.25, 0.3) is 0 Å². The summed E-state index contributed by atoms with van der Waals surface area (Å²) in [5.74, 6) is -0.377. The highest BCUT2D eigenvalue weighted by Crippen LogP contribution is 2.47. The first-order chi connectivity index (χ1) is 11.0. The Balaban J connectivity index is 1.77. The number of benzene rings is 1. The van der Waals surface area contributed by atoms with Crippen molar-refractivity contribution in [2.24, 2.45) is 0 Å². The maximum absolute atomic E-state index is 13.2. The van der Waals surface area contributed by atoms with Gasteiger partial charge in [0.2, 0.25) is 0 Å². The zero-order chi connectivity index (χ0) is 16.4. The molecule has 0 atom stereocenters. The molecule has 1 aliphatic heterocycles. The molecule has 2 aromatic rings. The Morgan fingerprint density at radius 1 is 1.39 bits per heavy atom. The van der Waals surface area contributed by atoms with Gasteiger partial charge < -0.3 is 14.2 Å². The Bertz CT molecular complexity index is 739. The largest absolute Gasteiger partial charge is 0.586 e. The van der Waals surface area contributed by atoms with Crippen molar-refractivity contribution < 1.29 is 27.8 Å². The molecule has 0 unspecified atom stereocenters. The van der Waals surface area contributed by atoms with Crippen molar-refractivity contribution in [2.75, 3.05) is 12.4 Å². The molecule has 0 saturated heterocycles. The van der Waals surface area contributed by atoms with Crippen molar-refractivity contribution in [3.8, 4) is 22.1 Å². The second-order valence-electron chi connectivity index (χ2n) is 4.27. The smallest absolute Gasteiger partial charge is 0.465 e. The number of carbonyl (C=O) groups excluding carboxylic acids is 1. The molecule has 6 nitrogen and oxygen atoms in total. The summed E-state index contributed by atoms with van der Waals surface area (Å²) in [4.78, 5) is 11.3. The monoisotopic (exact) mass is 360 g/mol. The van der Waals surface area contributed by atoms with Crippen molar-refractivity contribution in [3.63, 3.8) is 0 Å². The Kier molecular flexibility index (Phi) is 4.35. The topological polar surface area (TPSA) is 70.5 Å². The molecular weight excluding hydrogens is 350 g/mol. The van der Waals surface area contributed by atoms with E-state index in [1.807, 2.05) is 0 Å². The number of aromatic nitrogens is 2. The molecule has 0 fully saturated rings. The van der Waals surface area contributed by atoms with Crippen LogP contribution in [0.15, 0.2) is 22.5 Å². The number of ether oxygens (including phenoxy) is 3. The molecular formula is C13H10F2N2O4S2. The first-order valence-corrected chi connectivity index (χ1v) is 8.30. The summed E-state index contributed by atoms with van der Waals surface area (Å²) < 4.78 is 40.6. The van der Waals surface area contributed by atoms with Crippen LogP contribution >= 0.6 is 23.1 Å². The number of esters is 1. The molecule has 0 saturated carbocycles. The van der Waals surface area contributed by atoms with Crippen molar-refractivity contribution in [1.82, 2.24) is 10.2 Å². The number of thioether (sulfide) groups is 1. The first kappa shape index (κ1) is 15.9. The van der Waals surface area contributed by atoms with Gasteiger partial charge in [-0.3, -0.25) is 4.79 Å². The molecule has 0 radical (unpaired) electrons. The van der Waals surface area contributed by atoms with Gasteiger partial charge in [-0.05, 0) is 19.1 Å². The predicted octanol–water partition coefficient (Wildman–Crippen LogP) is 3.18. The number of carbonyl (C=O) groups is 1. The average Bonchev–Trinajstić information content (AvgIpc) is 3.07. The van der Waals surface area contributed by atoms with E-state index in [0.717, 1.165) is 11.3 Å². The number of para-hydroxylation sites is 1. The van der Waals surface area contributed by atoms with Gasteiger partial charge in [0, 0.05) is 0 Å². The van der Waals surface area contributed by atoms with Crippen LogP contribution < -0.4 is 9.47 Å². The van der Waals surface area contributed by atoms with Gasteiger partial charge >= 0.3 is 12.3 Å². The van der Waals surface area contributed by atoms with E-state index in [4.69, 9.17) is 4.74 Å². The third-order valence-electron chi connectivity index (χ3n) is 2.68. The van der Waals surface area contributed by atoms with E-state index >= 15 is 0 Å². The minimum absolute atomic E-state index is 0.0524. The number of fused-ring (bicyclic) bond motifs is 1. The average molecular weight is 360 g/mol. The lowest BCUT2D eigenvalue weighted by atomic mass is 10.2. The minimum Gasteiger partial charge on any atom is -0.465 e. The maximum Gasteiger partial charge on any atom is 0.586 e. The lowest BCUT2D eigenvalue weighted by Crippen LogP contribution is -2.26. The van der Waals surface area contributed by atoms with Gasteiger partial charge in [-0.1, -0.05) is 29.2 Å². The fraction of sp³-hybridized carbons (Fsp3) is 0.308. The van der Waals surface area contributed by atoms with E-state index in [-0.39, 0.29) is 23.2 Å². The van der Waals surface area contributed by atoms with Crippen molar-refractivity contribution in [2.45, 2.75) is 17.6 Å². The summed E-state index contributed by atoms with van der Waals surface area (Å²) in [5.41, 5.74) is 0.361. The highest BCUT2D eigenvalue weighted by Gasteiger charge is 2.44. The van der Waals surface area contributed by atoms with E-state index in [1.165, 1.54) is 17.8 Å². The highest BCUT2D eigenvalue weighted by molar-refractivity contribution is 8.01. The fourth-order valence-electron chi connectivity index (χ4n) is 1.84. The summed E-state index contributed by atoms with van der Waals surface area (Å²) in [5, 5.41) is 8.27. The van der Waals surface area contributed by atoms with E-state index in [0.29, 0.717) is 21.5 Å². The molecule has 0 bridgehead atoms. The molecule has 0 spiro atoms. The number of halogens is 2. The fourth-order valence-corrected chi connectivity index (χ4v) is 3.51. The quantitative estimate of drug-likeness (QED) is 0.599. The summed E-state index contributed by atoms with van der Waals surface area (Å²) in [6.07, 6.45) is -3.69. The van der Waals surface area contributed by atoms with E-state index in [2.05, 4.69) is 19.7 Å². The molecule has 10 heteroatoms. The predicted molar refractivity (Wildman–Crippen MR) is 78.9 cm³/mol. The number of alkyl halides is 2. The third-order valence-corrected chi connectivity index (χ3v) is 4.75. The SMILES string of the molecule is CCOC(=O)CSc1nnc(-c2cccc3c2OC(F)(F)O3)s1. The lowest BCUT2D eigenvalue weighted by Gasteiger charge is -2.05. The van der Waals surface area contributed by atoms with E-state index in [1.54, 1.807) is 19.1 Å². The molecule has 1 aliphatic rings. The van der Waals surface area contributed by atoms with Crippen LogP contribution in [-0.4, -0.2) is 34.8 Å². The van der Waals surface area contributed by atoms with Gasteiger partial charge in [-0.15, -0.1) is 19.0 Å². The van der Waals surface area contributed by atoms with Gasteiger partial charge in [0.05, 0.1) is 17.9 Å². The number of rotatable bonds is 5. The van der Waals surface area contributed by atoms with Crippen LogP contribution in [0.5, 0.6) is 11.5 Å². The summed E-state index contributed by atoms with van der Waals surface area (Å²) >= 11 is 2.33. The van der Waals surface area contributed by atoms with Crippen LogP contribution in [0.3, 0.4) is 0 Å². The molecule has 0 N–H and O–H groups in total. The zero-order valence-corrected chi connectivity index (χ0v) is 13.4. The molecule has 2 heterocycles. The molecule has 122 valence electrons. The zero-order valence-electron chi connectivity index (χ0n) is 11.7. The van der Waals surface area contributed by atoms with Gasteiger partial charge in [-0.25, -0.2) is 0 Å². The van der Waals surface area contributed by atoms with Crippen molar-refractivity contribution >= 4 is 29.1 Å². The van der Waals surface area contributed by atoms with Crippen LogP contribution in [-0.2, 0) is 9.53 Å². The molecule has 3 rings (SSSR count). The molecule has 1 aromatic carbocycles. The Morgan fingerprint density at radius 3 is 3.00 bits per heavy atom. The summed E-state index contributed by atoms with van der Waals surface area (Å²) in [7, 11) is 0. The van der Waals surface area contributed by atoms with E-state index in [9.17, 15) is 13.6 Å². The van der Waals surface area contributed by atoms with Gasteiger partial charge in [-0.2, -0.15) is 0 Å². The minimum atomic E-state index is -3.69. The Morgan fingerprint density at radius 2 is 2.22 bits per heavy atom. The van der Waals surface area contributed by atoms with Crippen LogP contribution in [0, 0.1) is 0 Å². The normalized spacial score (nSPS) is 14.7. The second-order valence-corrected chi connectivity index (χ2v) is 6.47. The lowest BCUT2D eigenvalue weighted by molar-refractivity contribution is -0.286. The molecule has 0 aliphatic carbocycles. The Labute approximate surface area is 137 Å². The molecule has 1 aromatic heterocycles. The van der Waals surface area contributed by atoms with Gasteiger partial charge in [0.1, 0.15) is 0 Å². The number of hydrogen-bond donors (Lipinski definition) is 0. The third kappa shape index (κ3) is 3.53. The van der Waals surface area contributed by atoms with Crippen molar-refractivity contribution in [3.05, 3.63) is 18.2 Å². The summed E-state index contributed by atoms with van der Waals surface area (Å²) in [6, 6.07) is 4.53. The maximum atomic E-state index is 13.2. The van der Waals surface area contributed by atoms with Crippen LogP contribution in [0.4, 0.5) is 8.78 Å². The number of nitrogens with zero attached hydrogens (tertiary/aromatic N) is 2. The second kappa shape index (κ2) is 6.28. The van der Waals surface area contributed by atoms with Gasteiger partial charge in [0.15, 0.2) is 20.8 Å². The standard InChI is InChI=1S/C13H10F2N2O4S2/c1-2-19-9(18)6-22-12-17-16-11(23-12)7-4-3-5-8-10(7)21-13(14,15)20-8/h3-5H,2,6H2,1H3. The molecule has 23 heavy (non-hydrogen) atoms. The van der Waals surface area contributed by atoms with Crippen LogP contribution in [0.1, 0.15) is 6.92 Å². The summed E-state index contributed by atoms with van der Waals surface area (Å²) in [6.45, 7) is 2.03.